The molecule has 1 saturated heterocycles. The first kappa shape index (κ1) is 13.6. The number of hydrogen-bond donors (Lipinski definition) is 1. The van der Waals surface area contributed by atoms with E-state index in [1.807, 2.05) is 11.3 Å². The second-order valence-corrected chi connectivity index (χ2v) is 7.25. The average Bonchev–Trinajstić information content (AvgIpc) is 3.17. The summed E-state index contributed by atoms with van der Waals surface area (Å²) in [5, 5.41) is 5.99. The van der Waals surface area contributed by atoms with Crippen molar-refractivity contribution >= 4 is 11.3 Å². The Labute approximate surface area is 121 Å². The Morgan fingerprint density at radius 1 is 1.32 bits per heavy atom. The number of likely N-dealkylation sites (tertiary alicyclic amines) is 1. The molecule has 1 aromatic rings. The summed E-state index contributed by atoms with van der Waals surface area (Å²) in [5.41, 5.74) is 1.46. The third-order valence-electron chi connectivity index (χ3n) is 4.75. The highest BCUT2D eigenvalue weighted by Crippen LogP contribution is 2.31. The summed E-state index contributed by atoms with van der Waals surface area (Å²) in [6, 6.07) is 3.62. The van der Waals surface area contributed by atoms with E-state index in [9.17, 15) is 0 Å². The van der Waals surface area contributed by atoms with Crippen molar-refractivity contribution in [1.82, 2.24) is 10.2 Å². The molecule has 0 bridgehead atoms. The fraction of sp³-hybridized carbons (Fsp3) is 0.750. The van der Waals surface area contributed by atoms with Crippen LogP contribution in [0.1, 0.15) is 49.1 Å². The van der Waals surface area contributed by atoms with Gasteiger partial charge in [0.05, 0.1) is 0 Å². The van der Waals surface area contributed by atoms with Crippen molar-refractivity contribution in [2.75, 3.05) is 19.6 Å². The molecule has 1 unspecified atom stereocenters. The molecule has 3 rings (SSSR count). The van der Waals surface area contributed by atoms with Crippen LogP contribution in [0.5, 0.6) is 0 Å². The summed E-state index contributed by atoms with van der Waals surface area (Å²) in [4.78, 5) is 4.22. The molecule has 0 amide bonds. The van der Waals surface area contributed by atoms with Crippen molar-refractivity contribution in [3.63, 3.8) is 0 Å². The number of nitrogens with zero attached hydrogens (tertiary/aromatic N) is 1. The average molecular weight is 278 g/mol. The molecule has 1 N–H and O–H groups in total. The standard InChI is InChI=1S/C16H26N2S/c1-12-7-10-19-16(12)13(2)18-8-5-15(6-9-18)17-11-14-3-4-14/h7,10,13-15,17H,3-6,8-9,11H2,1-2H3. The lowest BCUT2D eigenvalue weighted by atomic mass is 10.0. The number of piperidine rings is 1. The molecule has 3 heteroatoms. The molecule has 1 aliphatic carbocycles. The van der Waals surface area contributed by atoms with E-state index >= 15 is 0 Å². The van der Waals surface area contributed by atoms with Gasteiger partial charge in [-0.2, -0.15) is 0 Å². The summed E-state index contributed by atoms with van der Waals surface area (Å²) in [7, 11) is 0. The van der Waals surface area contributed by atoms with Crippen molar-refractivity contribution in [2.24, 2.45) is 5.92 Å². The number of hydrogen-bond acceptors (Lipinski definition) is 3. The maximum absolute atomic E-state index is 3.77. The van der Waals surface area contributed by atoms with Gasteiger partial charge in [0.15, 0.2) is 0 Å². The number of aryl methyl sites for hydroxylation is 1. The Balaban J connectivity index is 1.47. The summed E-state index contributed by atoms with van der Waals surface area (Å²) in [6.07, 6.45) is 5.56. The predicted molar refractivity (Wildman–Crippen MR) is 82.8 cm³/mol. The third-order valence-corrected chi connectivity index (χ3v) is 5.94. The minimum absolute atomic E-state index is 0.601. The van der Waals surface area contributed by atoms with Crippen molar-refractivity contribution in [2.45, 2.75) is 51.6 Å². The van der Waals surface area contributed by atoms with E-state index in [1.54, 1.807) is 4.88 Å². The van der Waals surface area contributed by atoms with E-state index in [0.717, 1.165) is 12.0 Å². The zero-order valence-corrected chi connectivity index (χ0v) is 13.0. The Morgan fingerprint density at radius 3 is 2.63 bits per heavy atom. The molecule has 2 fully saturated rings. The zero-order valence-electron chi connectivity index (χ0n) is 12.2. The lowest BCUT2D eigenvalue weighted by molar-refractivity contribution is 0.154. The van der Waals surface area contributed by atoms with Gasteiger partial charge in [-0.25, -0.2) is 0 Å². The van der Waals surface area contributed by atoms with Gasteiger partial charge in [-0.05, 0) is 69.0 Å². The van der Waals surface area contributed by atoms with Crippen molar-refractivity contribution in [1.29, 1.82) is 0 Å². The smallest absolute Gasteiger partial charge is 0.0415 e. The molecular formula is C16H26N2S. The van der Waals surface area contributed by atoms with E-state index in [4.69, 9.17) is 0 Å². The van der Waals surface area contributed by atoms with Crippen LogP contribution in [0.25, 0.3) is 0 Å². The maximum Gasteiger partial charge on any atom is 0.0415 e. The lowest BCUT2D eigenvalue weighted by Crippen LogP contribution is -2.43. The summed E-state index contributed by atoms with van der Waals surface area (Å²) in [6.45, 7) is 8.38. The van der Waals surface area contributed by atoms with Crippen LogP contribution in [0.4, 0.5) is 0 Å². The highest BCUT2D eigenvalue weighted by Gasteiger charge is 2.26. The third kappa shape index (κ3) is 3.39. The first-order valence-electron chi connectivity index (χ1n) is 7.75. The fourth-order valence-corrected chi connectivity index (χ4v) is 4.14. The van der Waals surface area contributed by atoms with Crippen LogP contribution in [0, 0.1) is 12.8 Å². The van der Waals surface area contributed by atoms with Gasteiger partial charge >= 0.3 is 0 Å². The molecular weight excluding hydrogens is 252 g/mol. The van der Waals surface area contributed by atoms with Gasteiger partial charge in [0.1, 0.15) is 0 Å². The zero-order chi connectivity index (χ0) is 13.2. The van der Waals surface area contributed by atoms with Crippen molar-refractivity contribution < 1.29 is 0 Å². The first-order valence-corrected chi connectivity index (χ1v) is 8.63. The maximum atomic E-state index is 3.77. The molecule has 1 aromatic heterocycles. The molecule has 2 nitrogen and oxygen atoms in total. The minimum Gasteiger partial charge on any atom is -0.314 e. The van der Waals surface area contributed by atoms with E-state index in [2.05, 4.69) is 35.5 Å². The molecule has 1 atom stereocenters. The molecule has 0 spiro atoms. The molecule has 2 heterocycles. The van der Waals surface area contributed by atoms with Gasteiger partial charge in [-0.1, -0.05) is 0 Å². The quantitative estimate of drug-likeness (QED) is 0.885. The van der Waals surface area contributed by atoms with Crippen LogP contribution in [-0.4, -0.2) is 30.6 Å². The van der Waals surface area contributed by atoms with Crippen LogP contribution < -0.4 is 5.32 Å². The highest BCUT2D eigenvalue weighted by molar-refractivity contribution is 7.10. The highest BCUT2D eigenvalue weighted by atomic mass is 32.1. The minimum atomic E-state index is 0.601. The molecule has 1 aliphatic heterocycles. The van der Waals surface area contributed by atoms with Crippen LogP contribution in [0.15, 0.2) is 11.4 Å². The largest absolute Gasteiger partial charge is 0.314 e. The van der Waals surface area contributed by atoms with Crippen molar-refractivity contribution in [3.8, 4) is 0 Å². The molecule has 0 radical (unpaired) electrons. The van der Waals surface area contributed by atoms with Crippen LogP contribution in [0.2, 0.25) is 0 Å². The van der Waals surface area contributed by atoms with Gasteiger partial charge in [0.2, 0.25) is 0 Å². The Bertz CT molecular complexity index is 403. The number of rotatable bonds is 5. The normalized spacial score (nSPS) is 23.7. The second-order valence-electron chi connectivity index (χ2n) is 6.31. The van der Waals surface area contributed by atoms with Crippen LogP contribution in [-0.2, 0) is 0 Å². The predicted octanol–water partition coefficient (Wildman–Crippen LogP) is 3.58. The van der Waals surface area contributed by atoms with Gasteiger partial charge in [-0.15, -0.1) is 11.3 Å². The molecule has 2 aliphatic rings. The Hall–Kier alpha value is -0.380. The van der Waals surface area contributed by atoms with E-state index in [-0.39, 0.29) is 0 Å². The number of thiophene rings is 1. The van der Waals surface area contributed by atoms with Gasteiger partial charge in [0, 0.05) is 30.1 Å². The molecule has 106 valence electrons. The summed E-state index contributed by atoms with van der Waals surface area (Å²) >= 11 is 1.92. The first-order chi connectivity index (χ1) is 9.24. The summed E-state index contributed by atoms with van der Waals surface area (Å²) < 4.78 is 0. The summed E-state index contributed by atoms with van der Waals surface area (Å²) in [5.74, 6) is 1.01. The van der Waals surface area contributed by atoms with Gasteiger partial charge < -0.3 is 5.32 Å². The topological polar surface area (TPSA) is 15.3 Å². The lowest BCUT2D eigenvalue weighted by Gasteiger charge is -2.36. The van der Waals surface area contributed by atoms with E-state index in [0.29, 0.717) is 6.04 Å². The van der Waals surface area contributed by atoms with Crippen LogP contribution in [0.3, 0.4) is 0 Å². The monoisotopic (exact) mass is 278 g/mol. The Kier molecular flexibility index (Phi) is 4.25. The van der Waals surface area contributed by atoms with Gasteiger partial charge in [0.25, 0.3) is 0 Å². The Morgan fingerprint density at radius 2 is 2.05 bits per heavy atom. The van der Waals surface area contributed by atoms with Gasteiger partial charge in [-0.3, -0.25) is 4.90 Å². The molecule has 1 saturated carbocycles. The molecule has 19 heavy (non-hydrogen) atoms. The van der Waals surface area contributed by atoms with Crippen molar-refractivity contribution in [3.05, 3.63) is 21.9 Å². The van der Waals surface area contributed by atoms with E-state index < -0.39 is 0 Å². The molecule has 0 aromatic carbocycles. The van der Waals surface area contributed by atoms with Crippen LogP contribution >= 0.6 is 11.3 Å². The number of nitrogens with one attached hydrogen (secondary N) is 1. The second kappa shape index (κ2) is 5.94. The fourth-order valence-electron chi connectivity index (χ4n) is 3.12. The van der Waals surface area contributed by atoms with E-state index in [1.165, 1.54) is 50.9 Å². The SMILES string of the molecule is Cc1ccsc1C(C)N1CCC(NCC2CC2)CC1.